The largest absolute Gasteiger partial charge is 0.483 e. The molecule has 0 bridgehead atoms. The molecule has 11 heavy (non-hydrogen) atoms. The van der Waals surface area contributed by atoms with E-state index in [9.17, 15) is 4.79 Å². The van der Waals surface area contributed by atoms with Crippen molar-refractivity contribution >= 4 is 5.91 Å². The summed E-state index contributed by atoms with van der Waals surface area (Å²) in [5.41, 5.74) is 5.68. The number of hydrogen-bond donors (Lipinski definition) is 2. The van der Waals surface area contributed by atoms with Crippen LogP contribution in [0.1, 0.15) is 6.92 Å². The van der Waals surface area contributed by atoms with Gasteiger partial charge in [-0.1, -0.05) is 0 Å². The third-order valence-corrected chi connectivity index (χ3v) is 0.868. The van der Waals surface area contributed by atoms with Crippen LogP contribution in [0, 0.1) is 0 Å². The molecule has 0 aliphatic rings. The van der Waals surface area contributed by atoms with Gasteiger partial charge in [0, 0.05) is 11.8 Å². The number of ether oxygens (including phenoxy) is 1. The monoisotopic (exact) mass is 156 g/mol. The van der Waals surface area contributed by atoms with Gasteiger partial charge in [-0.15, -0.1) is 0 Å². The van der Waals surface area contributed by atoms with Gasteiger partial charge in [0.1, 0.15) is 0 Å². The maximum absolute atomic E-state index is 10.8. The van der Waals surface area contributed by atoms with E-state index in [2.05, 4.69) is 16.6 Å². The predicted molar refractivity (Wildman–Crippen MR) is 42.2 cm³/mol. The van der Waals surface area contributed by atoms with Crippen LogP contribution in [-0.2, 0) is 9.53 Å². The van der Waals surface area contributed by atoms with Crippen LogP contribution in [0.4, 0.5) is 0 Å². The Bertz CT molecular complexity index is 193. The lowest BCUT2D eigenvalue weighted by molar-refractivity contribution is -0.116. The normalized spacial score (nSPS) is 10.5. The van der Waals surface area contributed by atoms with Crippen molar-refractivity contribution in [2.24, 2.45) is 5.73 Å². The molecule has 0 saturated carbocycles. The molecular weight excluding hydrogens is 144 g/mol. The molecule has 0 spiro atoms. The van der Waals surface area contributed by atoms with Crippen LogP contribution in [0.2, 0.25) is 0 Å². The number of allylic oxidation sites excluding steroid dienone is 1. The number of amides is 1. The van der Waals surface area contributed by atoms with E-state index in [4.69, 9.17) is 5.73 Å². The fraction of sp³-hybridized carbons (Fsp3) is 0.286. The van der Waals surface area contributed by atoms with Crippen LogP contribution in [0.3, 0.4) is 0 Å². The maximum atomic E-state index is 10.8. The number of methoxy groups -OCH3 is 1. The van der Waals surface area contributed by atoms with Gasteiger partial charge < -0.3 is 10.5 Å². The molecule has 62 valence electrons. The molecule has 4 heteroatoms. The summed E-state index contributed by atoms with van der Waals surface area (Å²) in [4.78, 5) is 10.8. The highest BCUT2D eigenvalue weighted by atomic mass is 16.5. The minimum atomic E-state index is -0.336. The first-order valence-corrected chi connectivity index (χ1v) is 3.04. The summed E-state index contributed by atoms with van der Waals surface area (Å²) >= 11 is 0. The number of carbonyl (C=O) groups excluding carboxylic acids is 1. The fourth-order valence-corrected chi connectivity index (χ4v) is 0.431. The van der Waals surface area contributed by atoms with E-state index in [1.807, 2.05) is 0 Å². The lowest BCUT2D eigenvalue weighted by Gasteiger charge is -2.02. The third-order valence-electron chi connectivity index (χ3n) is 0.868. The van der Waals surface area contributed by atoms with Gasteiger partial charge in [0.15, 0.2) is 5.88 Å². The molecule has 0 unspecified atom stereocenters. The van der Waals surface area contributed by atoms with Crippen LogP contribution >= 0.6 is 0 Å². The molecule has 4 nitrogen and oxygen atoms in total. The Morgan fingerprint density at radius 1 is 1.73 bits per heavy atom. The summed E-state index contributed by atoms with van der Waals surface area (Å²) in [6, 6.07) is 0. The Morgan fingerprint density at radius 2 is 2.27 bits per heavy atom. The second-order valence-corrected chi connectivity index (χ2v) is 2.00. The SMILES string of the molecule is C=C(NC(=O)/C=C(/C)N)OC. The van der Waals surface area contributed by atoms with E-state index in [0.717, 1.165) is 0 Å². The zero-order chi connectivity index (χ0) is 8.85. The van der Waals surface area contributed by atoms with Gasteiger partial charge >= 0.3 is 0 Å². The van der Waals surface area contributed by atoms with Crippen molar-refractivity contribution in [1.82, 2.24) is 5.32 Å². The summed E-state index contributed by atoms with van der Waals surface area (Å²) in [5, 5.41) is 2.35. The molecule has 0 aromatic heterocycles. The summed E-state index contributed by atoms with van der Waals surface area (Å²) < 4.78 is 4.61. The molecule has 0 aliphatic heterocycles. The molecule has 0 aromatic rings. The van der Waals surface area contributed by atoms with Gasteiger partial charge in [-0.05, 0) is 13.5 Å². The molecule has 0 aromatic carbocycles. The third kappa shape index (κ3) is 5.02. The van der Waals surface area contributed by atoms with E-state index < -0.39 is 0 Å². The maximum Gasteiger partial charge on any atom is 0.252 e. The Balaban J connectivity index is 3.89. The summed E-state index contributed by atoms with van der Waals surface area (Å²) in [5.74, 6) is -0.135. The van der Waals surface area contributed by atoms with Gasteiger partial charge in [-0.25, -0.2) is 0 Å². The zero-order valence-corrected chi connectivity index (χ0v) is 6.68. The van der Waals surface area contributed by atoms with E-state index in [-0.39, 0.29) is 11.8 Å². The Kier molecular flexibility index (Phi) is 3.80. The number of rotatable bonds is 3. The highest BCUT2D eigenvalue weighted by Gasteiger charge is 1.97. The smallest absolute Gasteiger partial charge is 0.252 e. The lowest BCUT2D eigenvalue weighted by atomic mass is 10.4. The first-order chi connectivity index (χ1) is 5.06. The molecule has 3 N–H and O–H groups in total. The second-order valence-electron chi connectivity index (χ2n) is 2.00. The highest BCUT2D eigenvalue weighted by Crippen LogP contribution is 1.85. The molecular formula is C7H12N2O2. The number of hydrogen-bond acceptors (Lipinski definition) is 3. The van der Waals surface area contributed by atoms with E-state index in [0.29, 0.717) is 5.70 Å². The molecule has 0 radical (unpaired) electrons. The molecule has 0 saturated heterocycles. The zero-order valence-electron chi connectivity index (χ0n) is 6.68. The number of nitrogens with two attached hydrogens (primary N) is 1. The Morgan fingerprint density at radius 3 is 2.64 bits per heavy atom. The van der Waals surface area contributed by atoms with Gasteiger partial charge in [0.05, 0.1) is 7.11 Å². The number of nitrogens with one attached hydrogen (secondary N) is 1. The van der Waals surface area contributed by atoms with Crippen molar-refractivity contribution in [2.45, 2.75) is 6.92 Å². The van der Waals surface area contributed by atoms with Gasteiger partial charge in [-0.3, -0.25) is 10.1 Å². The summed E-state index contributed by atoms with van der Waals surface area (Å²) in [6.45, 7) is 5.02. The van der Waals surface area contributed by atoms with Crippen molar-refractivity contribution < 1.29 is 9.53 Å². The van der Waals surface area contributed by atoms with Crippen LogP contribution in [-0.4, -0.2) is 13.0 Å². The summed E-state index contributed by atoms with van der Waals surface area (Å²) in [6.07, 6.45) is 1.25. The molecule has 1 amide bonds. The van der Waals surface area contributed by atoms with Crippen LogP contribution in [0.5, 0.6) is 0 Å². The van der Waals surface area contributed by atoms with E-state index in [1.165, 1.54) is 13.2 Å². The second kappa shape index (κ2) is 4.38. The summed E-state index contributed by atoms with van der Waals surface area (Å²) in [7, 11) is 1.42. The quantitative estimate of drug-likeness (QED) is 0.449. The molecule has 0 aliphatic carbocycles. The highest BCUT2D eigenvalue weighted by molar-refractivity contribution is 5.88. The Hall–Kier alpha value is -1.45. The topological polar surface area (TPSA) is 64.4 Å². The number of carbonyl (C=O) groups is 1. The minimum Gasteiger partial charge on any atom is -0.483 e. The Labute approximate surface area is 65.7 Å². The van der Waals surface area contributed by atoms with Crippen molar-refractivity contribution in [3.05, 3.63) is 24.2 Å². The van der Waals surface area contributed by atoms with Crippen molar-refractivity contribution in [1.29, 1.82) is 0 Å². The molecule has 0 fully saturated rings. The van der Waals surface area contributed by atoms with Crippen LogP contribution in [0.25, 0.3) is 0 Å². The lowest BCUT2D eigenvalue weighted by Crippen LogP contribution is -2.21. The molecule has 0 rings (SSSR count). The first-order valence-electron chi connectivity index (χ1n) is 3.04. The average Bonchev–Trinajstić information content (AvgIpc) is 1.85. The van der Waals surface area contributed by atoms with Gasteiger partial charge in [0.25, 0.3) is 5.91 Å². The van der Waals surface area contributed by atoms with Crippen LogP contribution in [0.15, 0.2) is 24.2 Å². The van der Waals surface area contributed by atoms with E-state index in [1.54, 1.807) is 6.92 Å². The fourth-order valence-electron chi connectivity index (χ4n) is 0.431. The van der Waals surface area contributed by atoms with Gasteiger partial charge in [0.2, 0.25) is 0 Å². The standard InChI is InChI=1S/C7H12N2O2/c1-5(8)4-7(10)9-6(2)11-3/h4H,2,8H2,1,3H3,(H,9,10)/b5-4-. The first kappa shape index (κ1) is 9.55. The van der Waals surface area contributed by atoms with Crippen molar-refractivity contribution in [3.63, 3.8) is 0 Å². The average molecular weight is 156 g/mol. The minimum absolute atomic E-state index is 0.201. The predicted octanol–water partition coefficient (Wildman–Crippen LogP) is 0.0827. The molecule has 0 heterocycles. The molecule has 0 atom stereocenters. The van der Waals surface area contributed by atoms with Gasteiger partial charge in [-0.2, -0.15) is 0 Å². The van der Waals surface area contributed by atoms with Crippen molar-refractivity contribution in [2.75, 3.05) is 7.11 Å². The van der Waals surface area contributed by atoms with E-state index >= 15 is 0 Å². The van der Waals surface area contributed by atoms with Crippen LogP contribution < -0.4 is 11.1 Å². The van der Waals surface area contributed by atoms with Crippen molar-refractivity contribution in [3.8, 4) is 0 Å².